The van der Waals surface area contributed by atoms with Crippen LogP contribution in [0, 0.1) is 0 Å². The van der Waals surface area contributed by atoms with E-state index in [-0.39, 0.29) is 24.5 Å². The molecule has 0 unspecified atom stereocenters. The monoisotopic (exact) mass is 238 g/mol. The van der Waals surface area contributed by atoms with Crippen molar-refractivity contribution in [2.75, 3.05) is 6.54 Å². The highest BCUT2D eigenvalue weighted by molar-refractivity contribution is 5.85. The number of carbonyl (C=O) groups excluding carboxylic acids is 1. The SMILES string of the molecule is CC[C@@H](CCN)NC(=O)OC(C)(C)C.Cl. The molecule has 4 nitrogen and oxygen atoms in total. The number of rotatable bonds is 4. The van der Waals surface area contributed by atoms with E-state index in [2.05, 4.69) is 5.32 Å². The predicted octanol–water partition coefficient (Wildman–Crippen LogP) is 2.06. The third kappa shape index (κ3) is 9.82. The molecule has 0 aromatic carbocycles. The zero-order valence-corrected chi connectivity index (χ0v) is 10.8. The molecule has 0 bridgehead atoms. The summed E-state index contributed by atoms with van der Waals surface area (Å²) in [5.74, 6) is 0. The van der Waals surface area contributed by atoms with Crippen LogP contribution in [0.25, 0.3) is 0 Å². The maximum atomic E-state index is 11.3. The van der Waals surface area contributed by atoms with E-state index in [4.69, 9.17) is 10.5 Å². The summed E-state index contributed by atoms with van der Waals surface area (Å²) >= 11 is 0. The molecule has 0 aromatic rings. The van der Waals surface area contributed by atoms with E-state index in [9.17, 15) is 4.79 Å². The first-order valence-corrected chi connectivity index (χ1v) is 5.08. The van der Waals surface area contributed by atoms with Crippen LogP contribution in [0.3, 0.4) is 0 Å². The lowest BCUT2D eigenvalue weighted by Crippen LogP contribution is -2.39. The average Bonchev–Trinajstić information content (AvgIpc) is 2.00. The highest BCUT2D eigenvalue weighted by Gasteiger charge is 2.18. The summed E-state index contributed by atoms with van der Waals surface area (Å²) in [6.07, 6.45) is 1.30. The molecule has 1 amide bonds. The second-order valence-corrected chi connectivity index (χ2v) is 4.33. The van der Waals surface area contributed by atoms with Crippen LogP contribution in [0.15, 0.2) is 0 Å². The molecule has 0 aromatic heterocycles. The van der Waals surface area contributed by atoms with Gasteiger partial charge in [-0.25, -0.2) is 4.79 Å². The van der Waals surface area contributed by atoms with Crippen molar-refractivity contribution < 1.29 is 9.53 Å². The van der Waals surface area contributed by atoms with Crippen molar-refractivity contribution in [1.82, 2.24) is 5.32 Å². The molecule has 0 rings (SSSR count). The number of ether oxygens (including phenoxy) is 1. The highest BCUT2D eigenvalue weighted by Crippen LogP contribution is 2.07. The normalized spacial score (nSPS) is 12.6. The number of alkyl carbamates (subject to hydrolysis) is 1. The Morgan fingerprint density at radius 2 is 2.00 bits per heavy atom. The lowest BCUT2D eigenvalue weighted by atomic mass is 10.1. The van der Waals surface area contributed by atoms with Crippen molar-refractivity contribution in [3.05, 3.63) is 0 Å². The van der Waals surface area contributed by atoms with Crippen LogP contribution in [-0.2, 0) is 4.74 Å². The Labute approximate surface area is 98.3 Å². The van der Waals surface area contributed by atoms with Crippen LogP contribution in [0.5, 0.6) is 0 Å². The standard InChI is InChI=1S/C10H22N2O2.ClH/c1-5-8(6-7-11)12-9(13)14-10(2,3)4;/h8H,5-7,11H2,1-4H3,(H,12,13);1H/t8-;/m0./s1. The molecule has 92 valence electrons. The predicted molar refractivity (Wildman–Crippen MR) is 64.4 cm³/mol. The van der Waals surface area contributed by atoms with Crippen LogP contribution < -0.4 is 11.1 Å². The van der Waals surface area contributed by atoms with Crippen LogP contribution in [0.4, 0.5) is 4.79 Å². The number of hydrogen-bond donors (Lipinski definition) is 2. The van der Waals surface area contributed by atoms with Gasteiger partial charge in [0.1, 0.15) is 5.60 Å². The van der Waals surface area contributed by atoms with Crippen molar-refractivity contribution in [3.63, 3.8) is 0 Å². The molecule has 5 heteroatoms. The van der Waals surface area contributed by atoms with E-state index in [0.29, 0.717) is 6.54 Å². The number of halogens is 1. The highest BCUT2D eigenvalue weighted by atomic mass is 35.5. The molecule has 0 aliphatic carbocycles. The van der Waals surface area contributed by atoms with E-state index >= 15 is 0 Å². The number of nitrogens with two attached hydrogens (primary N) is 1. The minimum Gasteiger partial charge on any atom is -0.444 e. The molecule has 0 spiro atoms. The Bertz CT molecular complexity index is 181. The average molecular weight is 239 g/mol. The Hall–Kier alpha value is -0.480. The summed E-state index contributed by atoms with van der Waals surface area (Å²) in [6.45, 7) is 8.12. The minimum atomic E-state index is -0.439. The molecule has 0 aliphatic heterocycles. The van der Waals surface area contributed by atoms with Gasteiger partial charge >= 0.3 is 6.09 Å². The second kappa shape index (κ2) is 7.77. The van der Waals surface area contributed by atoms with Gasteiger partial charge < -0.3 is 15.8 Å². The van der Waals surface area contributed by atoms with Gasteiger partial charge in [0.2, 0.25) is 0 Å². The van der Waals surface area contributed by atoms with Crippen molar-refractivity contribution in [2.45, 2.75) is 52.2 Å². The smallest absolute Gasteiger partial charge is 0.407 e. The second-order valence-electron chi connectivity index (χ2n) is 4.33. The first-order chi connectivity index (χ1) is 6.39. The molecule has 3 N–H and O–H groups in total. The van der Waals surface area contributed by atoms with Gasteiger partial charge in [-0.15, -0.1) is 12.4 Å². The van der Waals surface area contributed by atoms with Crippen LogP contribution >= 0.6 is 12.4 Å². The van der Waals surface area contributed by atoms with Crippen LogP contribution in [0.1, 0.15) is 40.5 Å². The first-order valence-electron chi connectivity index (χ1n) is 5.08. The van der Waals surface area contributed by atoms with Gasteiger partial charge in [0, 0.05) is 6.04 Å². The summed E-state index contributed by atoms with van der Waals surface area (Å²) < 4.78 is 5.13. The van der Waals surface area contributed by atoms with Crippen molar-refractivity contribution >= 4 is 18.5 Å². The summed E-state index contributed by atoms with van der Waals surface area (Å²) in [5.41, 5.74) is 4.98. The van der Waals surface area contributed by atoms with Gasteiger partial charge in [0.25, 0.3) is 0 Å². The van der Waals surface area contributed by atoms with Gasteiger partial charge in [-0.2, -0.15) is 0 Å². The van der Waals surface area contributed by atoms with Crippen molar-refractivity contribution in [2.24, 2.45) is 5.73 Å². The number of carbonyl (C=O) groups is 1. The number of nitrogens with one attached hydrogen (secondary N) is 1. The molecule has 0 aliphatic rings. The molecule has 0 radical (unpaired) electrons. The lowest BCUT2D eigenvalue weighted by molar-refractivity contribution is 0.0501. The van der Waals surface area contributed by atoms with E-state index in [1.54, 1.807) is 0 Å². The maximum absolute atomic E-state index is 11.3. The summed E-state index contributed by atoms with van der Waals surface area (Å²) in [4.78, 5) is 11.3. The molecular weight excluding hydrogens is 216 g/mol. The third-order valence-corrected chi connectivity index (χ3v) is 1.73. The summed E-state index contributed by atoms with van der Waals surface area (Å²) in [5, 5.41) is 2.78. The number of amides is 1. The summed E-state index contributed by atoms with van der Waals surface area (Å²) in [7, 11) is 0. The van der Waals surface area contributed by atoms with Gasteiger partial charge in [-0.3, -0.25) is 0 Å². The number of hydrogen-bond acceptors (Lipinski definition) is 3. The van der Waals surface area contributed by atoms with Gasteiger partial charge in [-0.1, -0.05) is 6.92 Å². The van der Waals surface area contributed by atoms with E-state index in [1.165, 1.54) is 0 Å². The van der Waals surface area contributed by atoms with Crippen LogP contribution in [0.2, 0.25) is 0 Å². The first kappa shape index (κ1) is 16.9. The summed E-state index contributed by atoms with van der Waals surface area (Å²) in [6, 6.07) is 0.120. The molecule has 1 atom stereocenters. The Morgan fingerprint density at radius 3 is 2.33 bits per heavy atom. The maximum Gasteiger partial charge on any atom is 0.407 e. The molecule has 0 fully saturated rings. The van der Waals surface area contributed by atoms with Crippen LogP contribution in [-0.4, -0.2) is 24.3 Å². The minimum absolute atomic E-state index is 0. The fourth-order valence-corrected chi connectivity index (χ4v) is 1.05. The van der Waals surface area contributed by atoms with E-state index in [0.717, 1.165) is 12.8 Å². The zero-order chi connectivity index (χ0) is 11.2. The Balaban J connectivity index is 0. The lowest BCUT2D eigenvalue weighted by Gasteiger charge is -2.22. The molecular formula is C10H23ClN2O2. The molecule has 0 heterocycles. The van der Waals surface area contributed by atoms with E-state index in [1.807, 2.05) is 27.7 Å². The fraction of sp³-hybridized carbons (Fsp3) is 0.900. The van der Waals surface area contributed by atoms with E-state index < -0.39 is 5.60 Å². The molecule has 0 saturated carbocycles. The molecule has 15 heavy (non-hydrogen) atoms. The Kier molecular flexibility index (Phi) is 8.77. The zero-order valence-electron chi connectivity index (χ0n) is 10.0. The van der Waals surface area contributed by atoms with Crippen molar-refractivity contribution in [3.8, 4) is 0 Å². The van der Waals surface area contributed by atoms with Gasteiger partial charge in [-0.05, 0) is 40.2 Å². The van der Waals surface area contributed by atoms with Gasteiger partial charge in [0.05, 0.1) is 0 Å². The van der Waals surface area contributed by atoms with Gasteiger partial charge in [0.15, 0.2) is 0 Å². The van der Waals surface area contributed by atoms with Crippen molar-refractivity contribution in [1.29, 1.82) is 0 Å². The Morgan fingerprint density at radius 1 is 1.47 bits per heavy atom. The fourth-order valence-electron chi connectivity index (χ4n) is 1.05. The largest absolute Gasteiger partial charge is 0.444 e. The molecule has 0 saturated heterocycles. The quantitative estimate of drug-likeness (QED) is 0.788. The topological polar surface area (TPSA) is 64.3 Å². The third-order valence-electron chi connectivity index (χ3n) is 1.73.